The zero-order valence-electron chi connectivity index (χ0n) is 10.4. The van der Waals surface area contributed by atoms with Gasteiger partial charge in [-0.2, -0.15) is 0 Å². The summed E-state index contributed by atoms with van der Waals surface area (Å²) >= 11 is 0. The van der Waals surface area contributed by atoms with Crippen molar-refractivity contribution in [3.63, 3.8) is 0 Å². The van der Waals surface area contributed by atoms with Gasteiger partial charge in [-0.05, 0) is 0 Å². The van der Waals surface area contributed by atoms with Crippen molar-refractivity contribution in [2.45, 2.75) is 0 Å². The van der Waals surface area contributed by atoms with E-state index in [0.717, 1.165) is 6.07 Å². The Bertz CT molecular complexity index is 383. The Labute approximate surface area is 104 Å². The summed E-state index contributed by atoms with van der Waals surface area (Å²) in [6, 6.07) is 0.726. The van der Waals surface area contributed by atoms with Crippen LogP contribution < -0.4 is 10.6 Å². The number of halogens is 2. The van der Waals surface area contributed by atoms with Crippen LogP contribution in [0, 0.1) is 11.6 Å². The summed E-state index contributed by atoms with van der Waals surface area (Å²) in [6.07, 6.45) is 0. The van der Waals surface area contributed by atoms with Crippen LogP contribution in [-0.2, 0) is 9.47 Å². The van der Waals surface area contributed by atoms with E-state index in [0.29, 0.717) is 26.3 Å². The van der Waals surface area contributed by atoms with Gasteiger partial charge in [0.2, 0.25) is 0 Å². The Morgan fingerprint density at radius 1 is 1.17 bits per heavy atom. The van der Waals surface area contributed by atoms with E-state index >= 15 is 0 Å². The molecule has 0 aliphatic rings. The van der Waals surface area contributed by atoms with E-state index in [2.05, 4.69) is 4.98 Å². The van der Waals surface area contributed by atoms with E-state index in [1.54, 1.807) is 4.90 Å². The Kier molecular flexibility index (Phi) is 5.73. The molecule has 0 unspecified atom stereocenters. The summed E-state index contributed by atoms with van der Waals surface area (Å²) in [5.74, 6) is -1.95. The number of nitrogen functional groups attached to an aromatic ring is 1. The average Bonchev–Trinajstić information content (AvgIpc) is 2.35. The number of aromatic nitrogens is 1. The molecule has 5 nitrogen and oxygen atoms in total. The topological polar surface area (TPSA) is 60.6 Å². The molecule has 2 N–H and O–H groups in total. The van der Waals surface area contributed by atoms with E-state index in [1.165, 1.54) is 14.2 Å². The number of nitrogens with zero attached hydrogens (tertiary/aromatic N) is 2. The molecule has 1 heterocycles. The number of methoxy groups -OCH3 is 2. The van der Waals surface area contributed by atoms with Gasteiger partial charge < -0.3 is 20.1 Å². The van der Waals surface area contributed by atoms with Crippen molar-refractivity contribution in [2.24, 2.45) is 0 Å². The van der Waals surface area contributed by atoms with Gasteiger partial charge in [-0.1, -0.05) is 0 Å². The van der Waals surface area contributed by atoms with E-state index < -0.39 is 11.6 Å². The Hall–Kier alpha value is -1.47. The molecule has 0 bridgehead atoms. The van der Waals surface area contributed by atoms with Gasteiger partial charge in [0.05, 0.1) is 13.2 Å². The van der Waals surface area contributed by atoms with Crippen molar-refractivity contribution in [3.05, 3.63) is 17.7 Å². The molecule has 0 fully saturated rings. The lowest BCUT2D eigenvalue weighted by Gasteiger charge is -2.23. The molecule has 1 aromatic rings. The molecule has 0 aromatic carbocycles. The molecule has 18 heavy (non-hydrogen) atoms. The third kappa shape index (κ3) is 3.78. The Morgan fingerprint density at radius 3 is 2.22 bits per heavy atom. The second-order valence-electron chi connectivity index (χ2n) is 3.63. The third-order valence-electron chi connectivity index (χ3n) is 2.37. The Morgan fingerprint density at radius 2 is 1.72 bits per heavy atom. The van der Waals surface area contributed by atoms with Gasteiger partial charge in [0, 0.05) is 33.4 Å². The van der Waals surface area contributed by atoms with Crippen LogP contribution in [0.4, 0.5) is 20.4 Å². The molecule has 102 valence electrons. The number of nitrogens with two attached hydrogens (primary N) is 1. The molecular formula is C11H17F2N3O2. The number of ether oxygens (including phenoxy) is 2. The molecule has 0 saturated heterocycles. The number of hydrogen-bond donors (Lipinski definition) is 1. The standard InChI is InChI=1S/C11H17F2N3O2/c1-17-5-3-16(4-6-18-2)11-9(13)7-8(12)10(14)15-11/h7H,3-6H2,1-2H3,(H2,14,15). The van der Waals surface area contributed by atoms with Gasteiger partial charge in [0.1, 0.15) is 0 Å². The first-order valence-corrected chi connectivity index (χ1v) is 5.44. The summed E-state index contributed by atoms with van der Waals surface area (Å²) < 4.78 is 36.5. The molecule has 0 atom stereocenters. The van der Waals surface area contributed by atoms with Crippen molar-refractivity contribution in [2.75, 3.05) is 51.2 Å². The number of rotatable bonds is 7. The van der Waals surface area contributed by atoms with Crippen molar-refractivity contribution in [1.29, 1.82) is 0 Å². The monoisotopic (exact) mass is 261 g/mol. The summed E-state index contributed by atoms with van der Waals surface area (Å²) in [5.41, 5.74) is 5.34. The van der Waals surface area contributed by atoms with E-state index in [9.17, 15) is 8.78 Å². The first kappa shape index (κ1) is 14.6. The van der Waals surface area contributed by atoms with E-state index in [-0.39, 0.29) is 11.6 Å². The van der Waals surface area contributed by atoms with Gasteiger partial charge in [-0.25, -0.2) is 13.8 Å². The van der Waals surface area contributed by atoms with Gasteiger partial charge >= 0.3 is 0 Å². The largest absolute Gasteiger partial charge is 0.383 e. The summed E-state index contributed by atoms with van der Waals surface area (Å²) in [5, 5.41) is 0. The number of anilines is 2. The molecule has 1 aromatic heterocycles. The van der Waals surface area contributed by atoms with E-state index in [1.807, 2.05) is 0 Å². The predicted molar refractivity (Wildman–Crippen MR) is 64.5 cm³/mol. The molecule has 0 amide bonds. The quantitative estimate of drug-likeness (QED) is 0.794. The van der Waals surface area contributed by atoms with Gasteiger partial charge in [-0.3, -0.25) is 0 Å². The summed E-state index contributed by atoms with van der Waals surface area (Å²) in [6.45, 7) is 1.61. The first-order chi connectivity index (χ1) is 8.60. The smallest absolute Gasteiger partial charge is 0.168 e. The Balaban J connectivity index is 2.92. The lowest BCUT2D eigenvalue weighted by molar-refractivity contribution is 0.189. The second kappa shape index (κ2) is 7.07. The van der Waals surface area contributed by atoms with Crippen LogP contribution in [0.3, 0.4) is 0 Å². The molecule has 0 aliphatic heterocycles. The molecule has 1 rings (SSSR count). The lowest BCUT2D eigenvalue weighted by Crippen LogP contribution is -2.32. The lowest BCUT2D eigenvalue weighted by atomic mass is 10.3. The van der Waals surface area contributed by atoms with Crippen LogP contribution in [0.1, 0.15) is 0 Å². The highest BCUT2D eigenvalue weighted by Crippen LogP contribution is 2.20. The fourth-order valence-electron chi connectivity index (χ4n) is 1.42. The van der Waals surface area contributed by atoms with Crippen LogP contribution in [-0.4, -0.2) is 45.5 Å². The van der Waals surface area contributed by atoms with Crippen LogP contribution in [0.15, 0.2) is 6.07 Å². The maximum absolute atomic E-state index is 13.7. The first-order valence-electron chi connectivity index (χ1n) is 5.44. The van der Waals surface area contributed by atoms with E-state index in [4.69, 9.17) is 15.2 Å². The van der Waals surface area contributed by atoms with Gasteiger partial charge in [-0.15, -0.1) is 0 Å². The fourth-order valence-corrected chi connectivity index (χ4v) is 1.42. The molecule has 0 saturated carbocycles. The van der Waals surface area contributed by atoms with Crippen LogP contribution >= 0.6 is 0 Å². The summed E-state index contributed by atoms with van der Waals surface area (Å²) in [7, 11) is 3.08. The number of pyridine rings is 1. The number of hydrogen-bond acceptors (Lipinski definition) is 5. The minimum Gasteiger partial charge on any atom is -0.383 e. The highest BCUT2D eigenvalue weighted by molar-refractivity contribution is 5.47. The van der Waals surface area contributed by atoms with Crippen LogP contribution in [0.25, 0.3) is 0 Å². The minimum absolute atomic E-state index is 0.00278. The summed E-state index contributed by atoms with van der Waals surface area (Å²) in [4.78, 5) is 5.32. The third-order valence-corrected chi connectivity index (χ3v) is 2.37. The molecule has 0 spiro atoms. The molecular weight excluding hydrogens is 244 g/mol. The van der Waals surface area contributed by atoms with Crippen LogP contribution in [0.2, 0.25) is 0 Å². The van der Waals surface area contributed by atoms with Crippen LogP contribution in [0.5, 0.6) is 0 Å². The normalized spacial score (nSPS) is 10.7. The van der Waals surface area contributed by atoms with Crippen molar-refractivity contribution >= 4 is 11.6 Å². The van der Waals surface area contributed by atoms with Crippen molar-refractivity contribution < 1.29 is 18.3 Å². The SMILES string of the molecule is COCCN(CCOC)c1nc(N)c(F)cc1F. The maximum atomic E-state index is 13.7. The molecule has 0 radical (unpaired) electrons. The predicted octanol–water partition coefficient (Wildman–Crippen LogP) is 1.04. The fraction of sp³-hybridized carbons (Fsp3) is 0.545. The zero-order chi connectivity index (χ0) is 13.5. The highest BCUT2D eigenvalue weighted by Gasteiger charge is 2.16. The molecule has 0 aliphatic carbocycles. The van der Waals surface area contributed by atoms with Gasteiger partial charge in [0.15, 0.2) is 23.3 Å². The molecule has 7 heteroatoms. The average molecular weight is 261 g/mol. The second-order valence-corrected chi connectivity index (χ2v) is 3.63. The van der Waals surface area contributed by atoms with Gasteiger partial charge in [0.25, 0.3) is 0 Å². The van der Waals surface area contributed by atoms with Crippen molar-refractivity contribution in [3.8, 4) is 0 Å². The zero-order valence-corrected chi connectivity index (χ0v) is 10.4. The minimum atomic E-state index is -0.866. The maximum Gasteiger partial charge on any atom is 0.168 e. The highest BCUT2D eigenvalue weighted by atomic mass is 19.1. The van der Waals surface area contributed by atoms with Crippen molar-refractivity contribution in [1.82, 2.24) is 4.98 Å².